The van der Waals surface area contributed by atoms with Gasteiger partial charge in [-0.2, -0.15) is 9.97 Å². The molecule has 0 bridgehead atoms. The summed E-state index contributed by atoms with van der Waals surface area (Å²) in [6.45, 7) is 4.28. The predicted molar refractivity (Wildman–Crippen MR) is 206 cm³/mol. The SMILES string of the molecule is COc1cc(-c2noc(C)n2)c(C(=O)c2ccccc2)cc1OCc1ccccc1.COc1cc(-c2noc(C)n2)c(I)cc1OCc1ccccc1. The van der Waals surface area contributed by atoms with Crippen LogP contribution in [0.5, 0.6) is 23.0 Å². The lowest BCUT2D eigenvalue weighted by Crippen LogP contribution is -2.06. The number of hydrogen-bond donors (Lipinski definition) is 0. The smallest absolute Gasteiger partial charge is 0.223 e. The van der Waals surface area contributed by atoms with E-state index in [2.05, 4.69) is 42.9 Å². The first-order valence-electron chi connectivity index (χ1n) is 16.5. The van der Waals surface area contributed by atoms with Gasteiger partial charge in [0, 0.05) is 39.7 Å². The molecule has 0 atom stereocenters. The molecule has 2 heterocycles. The van der Waals surface area contributed by atoms with Gasteiger partial charge in [-0.15, -0.1) is 0 Å². The van der Waals surface area contributed by atoms with Crippen molar-refractivity contribution in [3.05, 3.63) is 153 Å². The van der Waals surface area contributed by atoms with Gasteiger partial charge in [0.2, 0.25) is 23.4 Å². The van der Waals surface area contributed by atoms with E-state index in [4.69, 9.17) is 28.0 Å². The number of hydrogen-bond acceptors (Lipinski definition) is 11. The largest absolute Gasteiger partial charge is 0.493 e. The number of rotatable bonds is 12. The van der Waals surface area contributed by atoms with Gasteiger partial charge >= 0.3 is 0 Å². The van der Waals surface area contributed by atoms with Crippen molar-refractivity contribution in [1.29, 1.82) is 0 Å². The van der Waals surface area contributed by atoms with Crippen LogP contribution in [0.25, 0.3) is 22.8 Å². The highest BCUT2D eigenvalue weighted by Crippen LogP contribution is 2.37. The van der Waals surface area contributed by atoms with Crippen LogP contribution < -0.4 is 18.9 Å². The number of nitrogens with zero attached hydrogens (tertiary/aromatic N) is 4. The van der Waals surface area contributed by atoms with Crippen LogP contribution in [0.15, 0.2) is 124 Å². The number of methoxy groups -OCH3 is 2. The average Bonchev–Trinajstić information content (AvgIpc) is 3.84. The third-order valence-corrected chi connectivity index (χ3v) is 8.74. The molecular formula is C41H35IN4O7. The number of ether oxygens (including phenoxy) is 4. The molecule has 0 radical (unpaired) electrons. The molecule has 0 aliphatic rings. The van der Waals surface area contributed by atoms with E-state index in [-0.39, 0.29) is 5.78 Å². The summed E-state index contributed by atoms with van der Waals surface area (Å²) in [7, 11) is 3.16. The molecule has 0 aliphatic carbocycles. The van der Waals surface area contributed by atoms with Crippen LogP contribution in [-0.2, 0) is 13.2 Å². The highest BCUT2D eigenvalue weighted by Gasteiger charge is 2.23. The zero-order chi connectivity index (χ0) is 37.2. The summed E-state index contributed by atoms with van der Waals surface area (Å²) < 4.78 is 34.0. The highest BCUT2D eigenvalue weighted by molar-refractivity contribution is 14.1. The molecule has 7 aromatic rings. The minimum Gasteiger partial charge on any atom is -0.493 e. The zero-order valence-electron chi connectivity index (χ0n) is 29.4. The fraction of sp³-hybridized carbons (Fsp3) is 0.146. The fourth-order valence-corrected chi connectivity index (χ4v) is 5.90. The topological polar surface area (TPSA) is 132 Å². The summed E-state index contributed by atoms with van der Waals surface area (Å²) in [5.41, 5.74) is 4.44. The van der Waals surface area contributed by atoms with E-state index in [0.717, 1.165) is 20.3 Å². The molecule has 12 heteroatoms. The fourth-order valence-electron chi connectivity index (χ4n) is 5.22. The standard InChI is InChI=1S/C24H20N2O4.C17H15IN2O3/c1-16-25-24(26-30-16)20-14-21(28-2)22(29-15-17-9-5-3-6-10-17)13-19(20)23(27)18-11-7-4-8-12-18;1-11-19-17(20-23-11)13-8-15(21-2)16(9-14(13)18)22-10-12-6-4-3-5-7-12/h3-14H,15H2,1-2H3;3-9H,10H2,1-2H3. The summed E-state index contributed by atoms with van der Waals surface area (Å²) in [6.07, 6.45) is 0. The molecule has 11 nitrogen and oxygen atoms in total. The predicted octanol–water partition coefficient (Wildman–Crippen LogP) is 9.10. The highest BCUT2D eigenvalue weighted by atomic mass is 127. The van der Waals surface area contributed by atoms with E-state index < -0.39 is 0 Å². The Kier molecular flexibility index (Phi) is 12.1. The lowest BCUT2D eigenvalue weighted by atomic mass is 9.97. The monoisotopic (exact) mass is 822 g/mol. The van der Waals surface area contributed by atoms with Crippen molar-refractivity contribution in [3.8, 4) is 45.8 Å². The number of ketones is 1. The molecule has 0 spiro atoms. The Hall–Kier alpha value is -6.02. The van der Waals surface area contributed by atoms with Crippen molar-refractivity contribution >= 4 is 28.4 Å². The minimum atomic E-state index is -0.166. The van der Waals surface area contributed by atoms with Gasteiger partial charge < -0.3 is 28.0 Å². The summed E-state index contributed by atoms with van der Waals surface area (Å²) >= 11 is 2.23. The second-order valence-corrected chi connectivity index (χ2v) is 12.7. The van der Waals surface area contributed by atoms with Crippen molar-refractivity contribution in [2.75, 3.05) is 14.2 Å². The van der Waals surface area contributed by atoms with Gasteiger partial charge in [0.1, 0.15) is 13.2 Å². The van der Waals surface area contributed by atoms with E-state index in [1.54, 1.807) is 52.3 Å². The van der Waals surface area contributed by atoms with Crippen LogP contribution in [0.4, 0.5) is 0 Å². The summed E-state index contributed by atoms with van der Waals surface area (Å²) in [4.78, 5) is 21.8. The van der Waals surface area contributed by atoms with Gasteiger partial charge in [-0.25, -0.2) is 0 Å². The molecule has 0 saturated carbocycles. The van der Waals surface area contributed by atoms with E-state index in [1.807, 2.05) is 91.0 Å². The van der Waals surface area contributed by atoms with Crippen molar-refractivity contribution in [2.45, 2.75) is 27.1 Å². The van der Waals surface area contributed by atoms with E-state index in [9.17, 15) is 4.79 Å². The molecule has 0 saturated heterocycles. The minimum absolute atomic E-state index is 0.166. The Morgan fingerprint density at radius 2 is 1.06 bits per heavy atom. The number of aromatic nitrogens is 4. The summed E-state index contributed by atoms with van der Waals surface area (Å²) in [6, 6.07) is 36.0. The van der Waals surface area contributed by atoms with Crippen molar-refractivity contribution in [3.63, 3.8) is 0 Å². The Morgan fingerprint density at radius 1 is 0.604 bits per heavy atom. The normalized spacial score (nSPS) is 10.6. The van der Waals surface area contributed by atoms with Gasteiger partial charge in [0.05, 0.1) is 14.2 Å². The van der Waals surface area contributed by atoms with Crippen molar-refractivity contribution in [1.82, 2.24) is 20.3 Å². The maximum atomic E-state index is 13.3. The van der Waals surface area contributed by atoms with Crippen LogP contribution in [0.1, 0.15) is 38.8 Å². The third-order valence-electron chi connectivity index (χ3n) is 7.85. The van der Waals surface area contributed by atoms with Crippen LogP contribution in [-0.4, -0.2) is 40.3 Å². The first-order valence-corrected chi connectivity index (χ1v) is 17.5. The van der Waals surface area contributed by atoms with Crippen LogP contribution in [0, 0.1) is 17.4 Å². The molecule has 2 aromatic heterocycles. The molecule has 268 valence electrons. The molecule has 53 heavy (non-hydrogen) atoms. The summed E-state index contributed by atoms with van der Waals surface area (Å²) in [5, 5.41) is 7.94. The number of benzene rings is 5. The van der Waals surface area contributed by atoms with Gasteiger partial charge in [-0.3, -0.25) is 4.79 Å². The maximum Gasteiger partial charge on any atom is 0.223 e. The molecule has 0 amide bonds. The molecule has 5 aromatic carbocycles. The second-order valence-electron chi connectivity index (χ2n) is 11.5. The molecule has 0 N–H and O–H groups in total. The molecule has 0 aliphatic heterocycles. The number of halogens is 1. The maximum absolute atomic E-state index is 13.3. The summed E-state index contributed by atoms with van der Waals surface area (Å²) in [5.74, 6) is 3.89. The number of carbonyl (C=O) groups is 1. The van der Waals surface area contributed by atoms with Gasteiger partial charge in [-0.05, 0) is 58.0 Å². The first-order chi connectivity index (χ1) is 25.8. The van der Waals surface area contributed by atoms with Crippen LogP contribution in [0.2, 0.25) is 0 Å². The van der Waals surface area contributed by atoms with Gasteiger partial charge in [0.15, 0.2) is 28.8 Å². The van der Waals surface area contributed by atoms with E-state index in [1.165, 1.54) is 0 Å². The Morgan fingerprint density at radius 3 is 1.53 bits per heavy atom. The lowest BCUT2D eigenvalue weighted by molar-refractivity contribution is 0.103. The van der Waals surface area contributed by atoms with Crippen molar-refractivity contribution < 1.29 is 32.8 Å². The Balaban J connectivity index is 0.000000188. The quantitative estimate of drug-likeness (QED) is 0.0864. The second kappa shape index (κ2) is 17.5. The van der Waals surface area contributed by atoms with Gasteiger partial charge in [-0.1, -0.05) is 101 Å². The van der Waals surface area contributed by atoms with Gasteiger partial charge in [0.25, 0.3) is 0 Å². The average molecular weight is 823 g/mol. The van der Waals surface area contributed by atoms with E-state index >= 15 is 0 Å². The van der Waals surface area contributed by atoms with E-state index in [0.29, 0.717) is 76.3 Å². The van der Waals surface area contributed by atoms with Crippen molar-refractivity contribution in [2.24, 2.45) is 0 Å². The third kappa shape index (κ3) is 9.26. The Labute approximate surface area is 320 Å². The Bertz CT molecular complexity index is 2280. The zero-order valence-corrected chi connectivity index (χ0v) is 31.6. The van der Waals surface area contributed by atoms with Crippen LogP contribution >= 0.6 is 22.6 Å². The number of aryl methyl sites for hydroxylation is 2. The number of carbonyl (C=O) groups excluding carboxylic acids is 1. The first kappa shape index (κ1) is 36.8. The molecular weight excluding hydrogens is 787 g/mol. The lowest BCUT2D eigenvalue weighted by Gasteiger charge is -2.15. The molecule has 7 rings (SSSR count). The van der Waals surface area contributed by atoms with Crippen LogP contribution in [0.3, 0.4) is 0 Å². The molecule has 0 fully saturated rings. The molecule has 0 unspecified atom stereocenters.